The van der Waals surface area contributed by atoms with Crippen molar-refractivity contribution in [2.45, 2.75) is 44.7 Å². The van der Waals surface area contributed by atoms with E-state index in [1.165, 1.54) is 6.07 Å². The molecule has 0 spiro atoms. The molecule has 0 saturated carbocycles. The van der Waals surface area contributed by atoms with E-state index >= 15 is 0 Å². The number of hydrogen-bond donors (Lipinski definition) is 4. The zero-order valence-electron chi connectivity index (χ0n) is 13.6. The number of amides is 1. The zero-order chi connectivity index (χ0) is 17.9. The first-order chi connectivity index (χ1) is 11.3. The molecule has 1 aromatic rings. The average molecular weight is 339 g/mol. The highest BCUT2D eigenvalue weighted by Crippen LogP contribution is 2.30. The van der Waals surface area contributed by atoms with E-state index in [1.54, 1.807) is 6.07 Å². The molecule has 1 heterocycles. The summed E-state index contributed by atoms with van der Waals surface area (Å²) in [7, 11) is 0. The highest BCUT2D eigenvalue weighted by Gasteiger charge is 2.32. The van der Waals surface area contributed by atoms with Gasteiger partial charge in [0.1, 0.15) is 24.2 Å². The summed E-state index contributed by atoms with van der Waals surface area (Å²) >= 11 is 0. The summed E-state index contributed by atoms with van der Waals surface area (Å²) in [6.45, 7) is 3.62. The SMILES string of the molecule is CCC1NC(C)OC1c1cc(F)cc(C(=O)NC[C@@H](N)C(=O)O)c1. The van der Waals surface area contributed by atoms with Crippen molar-refractivity contribution in [1.82, 2.24) is 10.6 Å². The molecule has 1 amide bonds. The number of ether oxygens (including phenoxy) is 1. The fourth-order valence-electron chi connectivity index (χ4n) is 2.69. The highest BCUT2D eigenvalue weighted by molar-refractivity contribution is 5.94. The summed E-state index contributed by atoms with van der Waals surface area (Å²) < 4.78 is 19.7. The number of nitrogens with two attached hydrogens (primary N) is 1. The summed E-state index contributed by atoms with van der Waals surface area (Å²) in [4.78, 5) is 22.8. The van der Waals surface area contributed by atoms with Gasteiger partial charge in [-0.2, -0.15) is 0 Å². The molecule has 7 nitrogen and oxygen atoms in total. The van der Waals surface area contributed by atoms with Gasteiger partial charge in [-0.1, -0.05) is 6.92 Å². The van der Waals surface area contributed by atoms with Crippen LogP contribution in [0.4, 0.5) is 4.39 Å². The summed E-state index contributed by atoms with van der Waals surface area (Å²) in [6, 6.07) is 2.80. The number of carboxylic acid groups (broad SMARTS) is 1. The standard InChI is InChI=1S/C16H22FN3O4/c1-3-13-14(24-8(2)20-13)9-4-10(6-11(17)5-9)15(21)19-7-12(18)16(22)23/h4-6,8,12-14,20H,3,7,18H2,1-2H3,(H,19,21)(H,22,23)/t8?,12-,13?,14?/m1/s1. The third-order valence-electron chi connectivity index (χ3n) is 3.92. The molecule has 4 atom stereocenters. The van der Waals surface area contributed by atoms with Crippen LogP contribution in [0.3, 0.4) is 0 Å². The molecule has 2 rings (SSSR count). The maximum atomic E-state index is 13.9. The Morgan fingerprint density at radius 1 is 1.46 bits per heavy atom. The Morgan fingerprint density at radius 2 is 2.17 bits per heavy atom. The Morgan fingerprint density at radius 3 is 2.79 bits per heavy atom. The Hall–Kier alpha value is -2.03. The van der Waals surface area contributed by atoms with Crippen LogP contribution in [0.25, 0.3) is 0 Å². The van der Waals surface area contributed by atoms with Crippen LogP contribution in [0.2, 0.25) is 0 Å². The van der Waals surface area contributed by atoms with Crippen LogP contribution in [-0.4, -0.2) is 41.8 Å². The summed E-state index contributed by atoms with van der Waals surface area (Å²) in [5.41, 5.74) is 6.00. The van der Waals surface area contributed by atoms with Gasteiger partial charge in [-0.15, -0.1) is 0 Å². The second-order valence-electron chi connectivity index (χ2n) is 5.81. The largest absolute Gasteiger partial charge is 0.480 e. The molecule has 0 radical (unpaired) electrons. The van der Waals surface area contributed by atoms with E-state index in [0.717, 1.165) is 12.5 Å². The van der Waals surface area contributed by atoms with Crippen LogP contribution < -0.4 is 16.4 Å². The van der Waals surface area contributed by atoms with Gasteiger partial charge in [0.2, 0.25) is 0 Å². The number of benzene rings is 1. The van der Waals surface area contributed by atoms with Crippen molar-refractivity contribution in [3.05, 3.63) is 35.1 Å². The predicted octanol–water partition coefficient (Wildman–Crippen LogP) is 0.753. The van der Waals surface area contributed by atoms with Crippen molar-refractivity contribution in [3.63, 3.8) is 0 Å². The van der Waals surface area contributed by atoms with Crippen LogP contribution in [0, 0.1) is 5.82 Å². The van der Waals surface area contributed by atoms with Gasteiger partial charge < -0.3 is 20.9 Å². The van der Waals surface area contributed by atoms with Crippen LogP contribution in [0.5, 0.6) is 0 Å². The lowest BCUT2D eigenvalue weighted by Crippen LogP contribution is -2.42. The Balaban J connectivity index is 2.16. The van der Waals surface area contributed by atoms with E-state index in [9.17, 15) is 14.0 Å². The van der Waals surface area contributed by atoms with E-state index in [-0.39, 0.29) is 30.5 Å². The fourth-order valence-corrected chi connectivity index (χ4v) is 2.69. The van der Waals surface area contributed by atoms with Crippen molar-refractivity contribution in [3.8, 4) is 0 Å². The molecule has 1 aliphatic heterocycles. The van der Waals surface area contributed by atoms with E-state index < -0.39 is 23.7 Å². The highest BCUT2D eigenvalue weighted by atomic mass is 19.1. The maximum absolute atomic E-state index is 13.9. The molecule has 0 aliphatic carbocycles. The Bertz CT molecular complexity index is 625. The van der Waals surface area contributed by atoms with Crippen molar-refractivity contribution in [1.29, 1.82) is 0 Å². The molecular formula is C16H22FN3O4. The Kier molecular flexibility index (Phi) is 5.87. The van der Waals surface area contributed by atoms with Gasteiger partial charge in [0.05, 0.1) is 0 Å². The molecular weight excluding hydrogens is 317 g/mol. The van der Waals surface area contributed by atoms with Crippen molar-refractivity contribution >= 4 is 11.9 Å². The molecule has 8 heteroatoms. The summed E-state index contributed by atoms with van der Waals surface area (Å²) in [5.74, 6) is -2.36. The van der Waals surface area contributed by atoms with Gasteiger partial charge in [0, 0.05) is 18.2 Å². The molecule has 1 aliphatic rings. The molecule has 24 heavy (non-hydrogen) atoms. The van der Waals surface area contributed by atoms with Crippen LogP contribution in [0.1, 0.15) is 42.3 Å². The molecule has 1 fully saturated rings. The third-order valence-corrected chi connectivity index (χ3v) is 3.92. The summed E-state index contributed by atoms with van der Waals surface area (Å²) in [6.07, 6.45) is 0.281. The van der Waals surface area contributed by atoms with Crippen LogP contribution in [0.15, 0.2) is 18.2 Å². The van der Waals surface area contributed by atoms with E-state index in [2.05, 4.69) is 10.6 Å². The normalized spacial score (nSPS) is 24.6. The molecule has 1 aromatic carbocycles. The van der Waals surface area contributed by atoms with Gasteiger partial charge in [-0.05, 0) is 37.1 Å². The van der Waals surface area contributed by atoms with Crippen molar-refractivity contribution in [2.24, 2.45) is 5.73 Å². The first kappa shape index (κ1) is 18.3. The molecule has 3 unspecified atom stereocenters. The summed E-state index contributed by atoms with van der Waals surface area (Å²) in [5, 5.41) is 14.4. The molecule has 0 aromatic heterocycles. The first-order valence-corrected chi connectivity index (χ1v) is 7.80. The maximum Gasteiger partial charge on any atom is 0.322 e. The number of rotatable bonds is 6. The number of carbonyl (C=O) groups is 2. The van der Waals surface area contributed by atoms with Crippen LogP contribution >= 0.6 is 0 Å². The number of aliphatic carboxylic acids is 1. The number of carbonyl (C=O) groups excluding carboxylic acids is 1. The minimum Gasteiger partial charge on any atom is -0.480 e. The number of nitrogens with one attached hydrogen (secondary N) is 2. The quantitative estimate of drug-likeness (QED) is 0.608. The molecule has 0 bridgehead atoms. The Labute approximate surface area is 139 Å². The third kappa shape index (κ3) is 4.28. The second kappa shape index (κ2) is 7.69. The minimum absolute atomic E-state index is 0.0261. The van der Waals surface area contributed by atoms with Gasteiger partial charge in [-0.3, -0.25) is 14.9 Å². The lowest BCUT2D eigenvalue weighted by molar-refractivity contribution is -0.138. The fraction of sp³-hybridized carbons (Fsp3) is 0.500. The van der Waals surface area contributed by atoms with Crippen molar-refractivity contribution in [2.75, 3.05) is 6.54 Å². The molecule has 132 valence electrons. The van der Waals surface area contributed by atoms with Gasteiger partial charge in [0.15, 0.2) is 0 Å². The smallest absolute Gasteiger partial charge is 0.322 e. The topological polar surface area (TPSA) is 114 Å². The average Bonchev–Trinajstić information content (AvgIpc) is 2.92. The lowest BCUT2D eigenvalue weighted by Gasteiger charge is -2.18. The lowest BCUT2D eigenvalue weighted by atomic mass is 9.98. The first-order valence-electron chi connectivity index (χ1n) is 7.80. The second-order valence-corrected chi connectivity index (χ2v) is 5.81. The van der Waals surface area contributed by atoms with E-state index in [0.29, 0.717) is 5.56 Å². The predicted molar refractivity (Wildman–Crippen MR) is 84.8 cm³/mol. The van der Waals surface area contributed by atoms with Crippen molar-refractivity contribution < 1.29 is 23.8 Å². The molecule has 1 saturated heterocycles. The monoisotopic (exact) mass is 339 g/mol. The molecule has 5 N–H and O–H groups in total. The minimum atomic E-state index is -1.22. The van der Waals surface area contributed by atoms with E-state index in [1.807, 2.05) is 13.8 Å². The van der Waals surface area contributed by atoms with E-state index in [4.69, 9.17) is 15.6 Å². The number of halogens is 1. The van der Waals surface area contributed by atoms with Gasteiger partial charge in [-0.25, -0.2) is 4.39 Å². The van der Waals surface area contributed by atoms with Gasteiger partial charge in [0.25, 0.3) is 5.91 Å². The zero-order valence-corrected chi connectivity index (χ0v) is 13.6. The van der Waals surface area contributed by atoms with Crippen LogP contribution in [-0.2, 0) is 9.53 Å². The number of carboxylic acids is 1. The van der Waals surface area contributed by atoms with Gasteiger partial charge >= 0.3 is 5.97 Å². The number of hydrogen-bond acceptors (Lipinski definition) is 5.